The number of aromatic nitrogens is 1. The lowest BCUT2D eigenvalue weighted by Crippen LogP contribution is -2.19. The maximum Gasteiger partial charge on any atom is 0.256 e. The van der Waals surface area contributed by atoms with Gasteiger partial charge in [-0.05, 0) is 28.8 Å². The van der Waals surface area contributed by atoms with Crippen LogP contribution >= 0.6 is 15.9 Å². The fourth-order valence-corrected chi connectivity index (χ4v) is 1.49. The van der Waals surface area contributed by atoms with E-state index in [0.29, 0.717) is 15.9 Å². The Morgan fingerprint density at radius 1 is 1.67 bits per heavy atom. The number of nitrogens with one attached hydrogen (secondary N) is 1. The van der Waals surface area contributed by atoms with Gasteiger partial charge in [-0.2, -0.15) is 0 Å². The number of carbonyl (C=O) groups is 1. The second kappa shape index (κ2) is 4.18. The second-order valence-electron chi connectivity index (χ2n) is 3.40. The smallest absolute Gasteiger partial charge is 0.256 e. The van der Waals surface area contributed by atoms with Crippen LogP contribution in [-0.4, -0.2) is 24.0 Å². The molecule has 1 aliphatic carbocycles. The number of hydrogen-bond donors (Lipinski definition) is 1. The van der Waals surface area contributed by atoms with Gasteiger partial charge in [0.05, 0.1) is 11.7 Å². The normalized spacial score (nSPS) is 14.8. The predicted octanol–water partition coefficient (Wildman–Crippen LogP) is 1.74. The molecule has 0 radical (unpaired) electrons. The van der Waals surface area contributed by atoms with Crippen LogP contribution in [-0.2, 0) is 0 Å². The first-order valence-corrected chi connectivity index (χ1v) is 5.54. The molecule has 0 unspecified atom stereocenters. The quantitative estimate of drug-likeness (QED) is 0.852. The van der Waals surface area contributed by atoms with E-state index < -0.39 is 0 Å². The van der Waals surface area contributed by atoms with Crippen LogP contribution < -0.4 is 10.1 Å². The maximum atomic E-state index is 11.5. The number of nitrogens with zero attached hydrogens (tertiary/aromatic N) is 1. The van der Waals surface area contributed by atoms with Crippen molar-refractivity contribution in [2.75, 3.05) is 7.05 Å². The van der Waals surface area contributed by atoms with Crippen LogP contribution in [0, 0.1) is 0 Å². The molecule has 5 heteroatoms. The maximum absolute atomic E-state index is 11.5. The fraction of sp³-hybridized carbons (Fsp3) is 0.400. The monoisotopic (exact) mass is 270 g/mol. The summed E-state index contributed by atoms with van der Waals surface area (Å²) in [4.78, 5) is 15.5. The van der Waals surface area contributed by atoms with Crippen LogP contribution in [0.5, 0.6) is 5.75 Å². The number of pyridine rings is 1. The zero-order valence-corrected chi connectivity index (χ0v) is 9.87. The highest BCUT2D eigenvalue weighted by Crippen LogP contribution is 2.30. The van der Waals surface area contributed by atoms with E-state index in [4.69, 9.17) is 4.74 Å². The molecule has 4 nitrogen and oxygen atoms in total. The first kappa shape index (κ1) is 10.4. The zero-order valence-electron chi connectivity index (χ0n) is 8.29. The van der Waals surface area contributed by atoms with Gasteiger partial charge in [-0.1, -0.05) is 0 Å². The molecule has 1 aromatic rings. The Kier molecular flexibility index (Phi) is 2.90. The van der Waals surface area contributed by atoms with E-state index in [1.165, 1.54) is 6.20 Å². The minimum Gasteiger partial charge on any atom is -0.489 e. The summed E-state index contributed by atoms with van der Waals surface area (Å²) >= 11 is 3.25. The molecule has 0 aromatic carbocycles. The molecule has 2 rings (SSSR count). The lowest BCUT2D eigenvalue weighted by atomic mass is 10.2. The van der Waals surface area contributed by atoms with Crippen LogP contribution in [0.3, 0.4) is 0 Å². The predicted molar refractivity (Wildman–Crippen MR) is 59.0 cm³/mol. The number of amides is 1. The average Bonchev–Trinajstić information content (AvgIpc) is 3.01. The Morgan fingerprint density at radius 2 is 2.40 bits per heavy atom. The van der Waals surface area contributed by atoms with E-state index >= 15 is 0 Å². The molecular weight excluding hydrogens is 260 g/mol. The molecule has 0 bridgehead atoms. The molecule has 0 aliphatic heterocycles. The third-order valence-corrected chi connectivity index (χ3v) is 2.56. The number of ether oxygens (including phenoxy) is 1. The minimum absolute atomic E-state index is 0.175. The number of rotatable bonds is 3. The van der Waals surface area contributed by atoms with Gasteiger partial charge in [0.15, 0.2) is 0 Å². The number of halogens is 1. The van der Waals surface area contributed by atoms with Crippen LogP contribution in [0.15, 0.2) is 16.9 Å². The average molecular weight is 271 g/mol. The molecule has 1 amide bonds. The molecule has 1 heterocycles. The van der Waals surface area contributed by atoms with Crippen molar-refractivity contribution in [1.29, 1.82) is 0 Å². The molecule has 1 N–H and O–H groups in total. The highest BCUT2D eigenvalue weighted by Gasteiger charge is 2.25. The molecule has 1 fully saturated rings. The molecule has 80 valence electrons. The standard InChI is InChI=1S/C10H11BrN2O2/c1-12-10(14)7-5-13-9(11)4-8(7)15-6-2-3-6/h4-6H,2-3H2,1H3,(H,12,14). The van der Waals surface area contributed by atoms with Crippen molar-refractivity contribution in [3.63, 3.8) is 0 Å². The largest absolute Gasteiger partial charge is 0.489 e. The highest BCUT2D eigenvalue weighted by molar-refractivity contribution is 9.10. The summed E-state index contributed by atoms with van der Waals surface area (Å²) in [6.07, 6.45) is 3.91. The minimum atomic E-state index is -0.175. The van der Waals surface area contributed by atoms with Gasteiger partial charge in [-0.25, -0.2) is 4.98 Å². The van der Waals surface area contributed by atoms with Gasteiger partial charge in [0.25, 0.3) is 5.91 Å². The number of hydrogen-bond acceptors (Lipinski definition) is 3. The van der Waals surface area contributed by atoms with Crippen molar-refractivity contribution in [1.82, 2.24) is 10.3 Å². The molecule has 1 saturated carbocycles. The van der Waals surface area contributed by atoms with Gasteiger partial charge in [0, 0.05) is 19.3 Å². The van der Waals surface area contributed by atoms with Gasteiger partial charge < -0.3 is 10.1 Å². The van der Waals surface area contributed by atoms with E-state index in [2.05, 4.69) is 26.2 Å². The summed E-state index contributed by atoms with van der Waals surface area (Å²) in [5.74, 6) is 0.421. The Hall–Kier alpha value is -1.10. The molecule has 0 saturated heterocycles. The van der Waals surface area contributed by atoms with E-state index in [9.17, 15) is 4.79 Å². The van der Waals surface area contributed by atoms with Crippen molar-refractivity contribution in [3.8, 4) is 5.75 Å². The van der Waals surface area contributed by atoms with E-state index in [1.54, 1.807) is 13.1 Å². The Labute approximate surface area is 96.2 Å². The van der Waals surface area contributed by atoms with Crippen molar-refractivity contribution < 1.29 is 9.53 Å². The van der Waals surface area contributed by atoms with E-state index in [1.807, 2.05) is 0 Å². The van der Waals surface area contributed by atoms with Crippen LogP contribution in [0.25, 0.3) is 0 Å². The van der Waals surface area contributed by atoms with E-state index in [0.717, 1.165) is 12.8 Å². The van der Waals surface area contributed by atoms with Gasteiger partial charge in [-0.3, -0.25) is 4.79 Å². The Balaban J connectivity index is 2.29. The molecule has 0 atom stereocenters. The van der Waals surface area contributed by atoms with Gasteiger partial charge >= 0.3 is 0 Å². The third-order valence-electron chi connectivity index (χ3n) is 2.12. The number of carbonyl (C=O) groups excluding carboxylic acids is 1. The molecule has 1 aliphatic rings. The zero-order chi connectivity index (χ0) is 10.8. The molecule has 0 spiro atoms. The molecule has 1 aromatic heterocycles. The van der Waals surface area contributed by atoms with Crippen molar-refractivity contribution in [3.05, 3.63) is 22.4 Å². The van der Waals surface area contributed by atoms with Crippen LogP contribution in [0.4, 0.5) is 0 Å². The van der Waals surface area contributed by atoms with Gasteiger partial charge in [-0.15, -0.1) is 0 Å². The van der Waals surface area contributed by atoms with Crippen molar-refractivity contribution in [2.24, 2.45) is 0 Å². The van der Waals surface area contributed by atoms with Crippen molar-refractivity contribution >= 4 is 21.8 Å². The third kappa shape index (κ3) is 2.47. The summed E-state index contributed by atoms with van der Waals surface area (Å²) in [5.41, 5.74) is 0.479. The second-order valence-corrected chi connectivity index (χ2v) is 4.21. The first-order chi connectivity index (χ1) is 7.20. The first-order valence-electron chi connectivity index (χ1n) is 4.75. The van der Waals surface area contributed by atoms with Crippen LogP contribution in [0.1, 0.15) is 23.2 Å². The summed E-state index contributed by atoms with van der Waals surface area (Å²) in [7, 11) is 1.59. The molecular formula is C10H11BrN2O2. The fourth-order valence-electron chi connectivity index (χ4n) is 1.18. The SMILES string of the molecule is CNC(=O)c1cnc(Br)cc1OC1CC1. The van der Waals surface area contributed by atoms with Gasteiger partial charge in [0.1, 0.15) is 10.4 Å². The highest BCUT2D eigenvalue weighted by atomic mass is 79.9. The van der Waals surface area contributed by atoms with Crippen LogP contribution in [0.2, 0.25) is 0 Å². The summed E-state index contributed by atoms with van der Waals surface area (Å²) in [6, 6.07) is 1.73. The summed E-state index contributed by atoms with van der Waals surface area (Å²) in [6.45, 7) is 0. The topological polar surface area (TPSA) is 51.2 Å². The summed E-state index contributed by atoms with van der Waals surface area (Å²) < 4.78 is 6.30. The van der Waals surface area contributed by atoms with E-state index in [-0.39, 0.29) is 12.0 Å². The lowest BCUT2D eigenvalue weighted by Gasteiger charge is -2.09. The lowest BCUT2D eigenvalue weighted by molar-refractivity contribution is 0.0958. The summed E-state index contributed by atoms with van der Waals surface area (Å²) in [5, 5.41) is 2.56. The van der Waals surface area contributed by atoms with Crippen molar-refractivity contribution in [2.45, 2.75) is 18.9 Å². The molecule has 15 heavy (non-hydrogen) atoms. The Bertz CT molecular complexity index is 391. The van der Waals surface area contributed by atoms with Gasteiger partial charge in [0.2, 0.25) is 0 Å². The Morgan fingerprint density at radius 3 is 3.00 bits per heavy atom.